The normalized spacial score (nSPS) is 23.9. The highest BCUT2D eigenvalue weighted by Crippen LogP contribution is 2.27. The highest BCUT2D eigenvalue weighted by Gasteiger charge is 2.29. The van der Waals surface area contributed by atoms with E-state index < -0.39 is 0 Å². The van der Waals surface area contributed by atoms with Gasteiger partial charge in [0.1, 0.15) is 0 Å². The summed E-state index contributed by atoms with van der Waals surface area (Å²) in [6.07, 6.45) is 3.20. The van der Waals surface area contributed by atoms with Crippen LogP contribution in [-0.4, -0.2) is 22.8 Å². The molecule has 0 aromatic carbocycles. The minimum absolute atomic E-state index is 0.171. The van der Waals surface area contributed by atoms with Gasteiger partial charge in [0.2, 0.25) is 5.76 Å². The quantitative estimate of drug-likeness (QED) is 0.845. The number of carbonyl (C=O) groups excluding carboxylic acids is 1. The van der Waals surface area contributed by atoms with Crippen molar-refractivity contribution >= 4 is 17.5 Å². The predicted octanol–water partition coefficient (Wildman–Crippen LogP) is 2.43. The van der Waals surface area contributed by atoms with Crippen molar-refractivity contribution in [2.45, 2.75) is 39.2 Å². The lowest BCUT2D eigenvalue weighted by molar-refractivity contribution is 0.0899. The fraction of sp³-hybridized carbons (Fsp3) is 0.667. The number of hydrogen-bond donors (Lipinski definition) is 1. The van der Waals surface area contributed by atoms with E-state index in [1.807, 2.05) is 0 Å². The Morgan fingerprint density at radius 2 is 2.29 bits per heavy atom. The van der Waals surface area contributed by atoms with Crippen molar-refractivity contribution in [3.05, 3.63) is 17.3 Å². The van der Waals surface area contributed by atoms with E-state index in [9.17, 15) is 4.79 Å². The van der Waals surface area contributed by atoms with Gasteiger partial charge in [-0.05, 0) is 25.7 Å². The molecular weight excluding hydrogens is 240 g/mol. The van der Waals surface area contributed by atoms with E-state index in [2.05, 4.69) is 10.3 Å². The van der Waals surface area contributed by atoms with Gasteiger partial charge in [0.25, 0.3) is 5.91 Å². The summed E-state index contributed by atoms with van der Waals surface area (Å²) >= 11 is 5.88. The molecule has 1 N–H and O–H groups in total. The Kier molecular flexibility index (Phi) is 3.72. The zero-order valence-corrected chi connectivity index (χ0v) is 10.9. The van der Waals surface area contributed by atoms with Crippen LogP contribution < -0.4 is 5.32 Å². The number of carbonyl (C=O) groups is 1. The van der Waals surface area contributed by atoms with Crippen LogP contribution in [0.4, 0.5) is 0 Å². The van der Waals surface area contributed by atoms with Gasteiger partial charge in [-0.3, -0.25) is 4.79 Å². The Morgan fingerprint density at radius 1 is 1.53 bits per heavy atom. The summed E-state index contributed by atoms with van der Waals surface area (Å²) in [4.78, 5) is 16.1. The summed E-state index contributed by atoms with van der Waals surface area (Å²) in [5.41, 5.74) is 0.639. The van der Waals surface area contributed by atoms with Gasteiger partial charge in [-0.25, -0.2) is 4.98 Å². The molecule has 5 heteroatoms. The standard InChI is InChI=1S/C12H17ClN2O2/c1-7-11(17-8(2)14-7)12(16)15-10-5-3-4-9(10)6-13/h9-10H,3-6H2,1-2H3,(H,15,16). The molecule has 1 fully saturated rings. The lowest BCUT2D eigenvalue weighted by atomic mass is 10.1. The van der Waals surface area contributed by atoms with Crippen molar-refractivity contribution in [2.75, 3.05) is 5.88 Å². The fourth-order valence-corrected chi connectivity index (χ4v) is 2.76. The van der Waals surface area contributed by atoms with E-state index in [4.69, 9.17) is 16.0 Å². The molecule has 1 aromatic rings. The van der Waals surface area contributed by atoms with Crippen LogP contribution in [0.2, 0.25) is 0 Å². The molecule has 17 heavy (non-hydrogen) atoms. The Bertz CT molecular complexity index is 417. The summed E-state index contributed by atoms with van der Waals surface area (Å²) in [6, 6.07) is 0.171. The second kappa shape index (κ2) is 5.08. The number of oxazole rings is 1. The van der Waals surface area contributed by atoms with E-state index in [1.54, 1.807) is 13.8 Å². The molecule has 1 heterocycles. The molecule has 1 aliphatic carbocycles. The third-order valence-corrected chi connectivity index (χ3v) is 3.68. The summed E-state index contributed by atoms with van der Waals surface area (Å²) < 4.78 is 5.30. The van der Waals surface area contributed by atoms with Crippen LogP contribution in [0.25, 0.3) is 0 Å². The van der Waals surface area contributed by atoms with Crippen molar-refractivity contribution in [1.82, 2.24) is 10.3 Å². The van der Waals surface area contributed by atoms with Crippen LogP contribution in [0.1, 0.15) is 41.4 Å². The lowest BCUT2D eigenvalue weighted by Crippen LogP contribution is -2.38. The monoisotopic (exact) mass is 256 g/mol. The molecule has 1 amide bonds. The summed E-state index contributed by atoms with van der Waals surface area (Å²) in [7, 11) is 0. The first-order valence-electron chi connectivity index (χ1n) is 5.92. The van der Waals surface area contributed by atoms with Gasteiger partial charge < -0.3 is 9.73 Å². The number of hydrogen-bond acceptors (Lipinski definition) is 3. The molecule has 2 unspecified atom stereocenters. The van der Waals surface area contributed by atoms with Crippen LogP contribution >= 0.6 is 11.6 Å². The molecule has 2 atom stereocenters. The molecule has 1 aliphatic rings. The second-order valence-corrected chi connectivity index (χ2v) is 4.88. The average molecular weight is 257 g/mol. The molecule has 0 bridgehead atoms. The predicted molar refractivity (Wildman–Crippen MR) is 65.3 cm³/mol. The maximum atomic E-state index is 12.0. The topological polar surface area (TPSA) is 55.1 Å². The van der Waals surface area contributed by atoms with Crippen LogP contribution in [0.15, 0.2) is 4.42 Å². The summed E-state index contributed by atoms with van der Waals surface area (Å²) in [5.74, 6) is 1.64. The van der Waals surface area contributed by atoms with E-state index in [1.165, 1.54) is 0 Å². The highest BCUT2D eigenvalue weighted by atomic mass is 35.5. The number of aromatic nitrogens is 1. The SMILES string of the molecule is Cc1nc(C)c(C(=O)NC2CCCC2CCl)o1. The first kappa shape index (κ1) is 12.4. The Balaban J connectivity index is 2.04. The highest BCUT2D eigenvalue weighted by molar-refractivity contribution is 6.18. The Labute approximate surface area is 106 Å². The molecule has 1 aromatic heterocycles. The average Bonchev–Trinajstić information content (AvgIpc) is 2.84. The van der Waals surface area contributed by atoms with E-state index in [-0.39, 0.29) is 11.9 Å². The maximum Gasteiger partial charge on any atom is 0.289 e. The van der Waals surface area contributed by atoms with Crippen molar-refractivity contribution in [3.63, 3.8) is 0 Å². The zero-order valence-electron chi connectivity index (χ0n) is 10.1. The minimum atomic E-state index is -0.176. The first-order chi connectivity index (χ1) is 8.11. The van der Waals surface area contributed by atoms with E-state index >= 15 is 0 Å². The molecule has 0 radical (unpaired) electrons. The zero-order chi connectivity index (χ0) is 12.4. The molecule has 94 valence electrons. The fourth-order valence-electron chi connectivity index (χ4n) is 2.39. The summed E-state index contributed by atoms with van der Waals surface area (Å²) in [5, 5.41) is 2.99. The van der Waals surface area contributed by atoms with Crippen molar-refractivity contribution < 1.29 is 9.21 Å². The first-order valence-corrected chi connectivity index (χ1v) is 6.46. The maximum absolute atomic E-state index is 12.0. The van der Waals surface area contributed by atoms with E-state index in [0.29, 0.717) is 29.1 Å². The number of nitrogens with zero attached hydrogens (tertiary/aromatic N) is 1. The molecular formula is C12H17ClN2O2. The minimum Gasteiger partial charge on any atom is -0.436 e. The van der Waals surface area contributed by atoms with Gasteiger partial charge in [0, 0.05) is 18.8 Å². The van der Waals surface area contributed by atoms with Gasteiger partial charge >= 0.3 is 0 Å². The van der Waals surface area contributed by atoms with Crippen LogP contribution in [0, 0.1) is 19.8 Å². The number of aryl methyl sites for hydroxylation is 2. The molecule has 0 spiro atoms. The van der Waals surface area contributed by atoms with Gasteiger partial charge in [-0.15, -0.1) is 11.6 Å². The van der Waals surface area contributed by atoms with Gasteiger partial charge in [0.15, 0.2) is 5.89 Å². The third kappa shape index (κ3) is 2.63. The van der Waals surface area contributed by atoms with Crippen molar-refractivity contribution in [3.8, 4) is 0 Å². The van der Waals surface area contributed by atoms with Crippen LogP contribution in [0.3, 0.4) is 0 Å². The molecule has 0 saturated heterocycles. The molecule has 0 aliphatic heterocycles. The van der Waals surface area contributed by atoms with Crippen LogP contribution in [-0.2, 0) is 0 Å². The number of halogens is 1. The van der Waals surface area contributed by atoms with Gasteiger partial charge in [-0.1, -0.05) is 6.42 Å². The largest absolute Gasteiger partial charge is 0.436 e. The summed E-state index contributed by atoms with van der Waals surface area (Å²) in [6.45, 7) is 3.51. The number of rotatable bonds is 3. The Hall–Kier alpha value is -1.03. The lowest BCUT2D eigenvalue weighted by Gasteiger charge is -2.18. The number of amides is 1. The third-order valence-electron chi connectivity index (χ3n) is 3.28. The molecule has 2 rings (SSSR count). The van der Waals surface area contributed by atoms with Crippen molar-refractivity contribution in [1.29, 1.82) is 0 Å². The Morgan fingerprint density at radius 3 is 2.88 bits per heavy atom. The van der Waals surface area contributed by atoms with E-state index in [0.717, 1.165) is 19.3 Å². The van der Waals surface area contributed by atoms with Crippen LogP contribution in [0.5, 0.6) is 0 Å². The molecule has 1 saturated carbocycles. The smallest absolute Gasteiger partial charge is 0.289 e. The molecule has 4 nitrogen and oxygen atoms in total. The van der Waals surface area contributed by atoms with Gasteiger partial charge in [0.05, 0.1) is 5.69 Å². The second-order valence-electron chi connectivity index (χ2n) is 4.57. The number of alkyl halides is 1. The number of nitrogens with one attached hydrogen (secondary N) is 1. The van der Waals surface area contributed by atoms with Gasteiger partial charge in [-0.2, -0.15) is 0 Å². The van der Waals surface area contributed by atoms with Crippen molar-refractivity contribution in [2.24, 2.45) is 5.92 Å².